The van der Waals surface area contributed by atoms with Gasteiger partial charge in [-0.25, -0.2) is 9.97 Å². The lowest BCUT2D eigenvalue weighted by Crippen LogP contribution is -2.20. The Morgan fingerprint density at radius 1 is 1.18 bits per heavy atom. The first-order valence-corrected chi connectivity index (χ1v) is 5.80. The summed E-state index contributed by atoms with van der Waals surface area (Å²) < 4.78 is 0. The smallest absolute Gasteiger partial charge is 0.130 e. The van der Waals surface area contributed by atoms with E-state index in [-0.39, 0.29) is 6.04 Å². The highest BCUT2D eigenvalue weighted by Gasteiger charge is 2.11. The van der Waals surface area contributed by atoms with E-state index >= 15 is 0 Å². The molecule has 0 spiro atoms. The van der Waals surface area contributed by atoms with Crippen molar-refractivity contribution in [1.82, 2.24) is 15.3 Å². The van der Waals surface area contributed by atoms with Crippen molar-refractivity contribution in [3.63, 3.8) is 0 Å². The zero-order valence-electron chi connectivity index (χ0n) is 10.2. The molecule has 1 unspecified atom stereocenters. The van der Waals surface area contributed by atoms with Crippen LogP contribution in [-0.4, -0.2) is 17.0 Å². The summed E-state index contributed by atoms with van der Waals surface area (Å²) in [5, 5.41) is 3.31. The van der Waals surface area contributed by atoms with Gasteiger partial charge in [-0.3, -0.25) is 0 Å². The summed E-state index contributed by atoms with van der Waals surface area (Å²) in [7, 11) is 1.97. The Hall–Kier alpha value is -1.74. The highest BCUT2D eigenvalue weighted by Crippen LogP contribution is 2.15. The minimum Gasteiger partial charge on any atom is -0.313 e. The van der Waals surface area contributed by atoms with E-state index < -0.39 is 0 Å². The molecule has 0 radical (unpaired) electrons. The molecule has 1 N–H and O–H groups in total. The molecule has 17 heavy (non-hydrogen) atoms. The van der Waals surface area contributed by atoms with Gasteiger partial charge in [-0.2, -0.15) is 0 Å². The third-order valence-corrected chi connectivity index (χ3v) is 2.78. The fourth-order valence-corrected chi connectivity index (χ4v) is 1.85. The van der Waals surface area contributed by atoms with Crippen LogP contribution in [0.4, 0.5) is 0 Å². The molecule has 0 aliphatic rings. The van der Waals surface area contributed by atoms with E-state index in [0.717, 1.165) is 17.9 Å². The second-order valence-corrected chi connectivity index (χ2v) is 4.07. The minimum absolute atomic E-state index is 0.262. The number of likely N-dealkylation sites (N-methyl/N-ethyl adjacent to an activating group) is 1. The van der Waals surface area contributed by atoms with Gasteiger partial charge in [0.05, 0.1) is 0 Å². The molecular formula is C14H17N3. The van der Waals surface area contributed by atoms with Crippen LogP contribution in [0.1, 0.15) is 23.1 Å². The zero-order valence-corrected chi connectivity index (χ0v) is 10.2. The fourth-order valence-electron chi connectivity index (χ4n) is 1.85. The summed E-state index contributed by atoms with van der Waals surface area (Å²) in [4.78, 5) is 8.74. The van der Waals surface area contributed by atoms with Crippen LogP contribution in [0, 0.1) is 6.92 Å². The summed E-state index contributed by atoms with van der Waals surface area (Å²) in [6, 6.07) is 12.6. The van der Waals surface area contributed by atoms with Crippen molar-refractivity contribution in [1.29, 1.82) is 0 Å². The molecule has 1 aromatic heterocycles. The Labute approximate surface area is 102 Å². The molecular weight excluding hydrogens is 210 g/mol. The topological polar surface area (TPSA) is 37.8 Å². The minimum atomic E-state index is 0.262. The quantitative estimate of drug-likeness (QED) is 0.870. The van der Waals surface area contributed by atoms with Gasteiger partial charge in [-0.1, -0.05) is 30.3 Å². The molecule has 3 nitrogen and oxygen atoms in total. The van der Waals surface area contributed by atoms with E-state index in [9.17, 15) is 0 Å². The van der Waals surface area contributed by atoms with Crippen molar-refractivity contribution in [2.75, 3.05) is 7.05 Å². The molecule has 0 saturated heterocycles. The van der Waals surface area contributed by atoms with Gasteiger partial charge in [0.25, 0.3) is 0 Å². The number of benzene rings is 1. The maximum atomic E-state index is 4.44. The summed E-state index contributed by atoms with van der Waals surface area (Å²) in [5.74, 6) is 0.883. The second-order valence-electron chi connectivity index (χ2n) is 4.07. The number of aryl methyl sites for hydroxylation is 1. The van der Waals surface area contributed by atoms with Gasteiger partial charge in [0.2, 0.25) is 0 Å². The van der Waals surface area contributed by atoms with Crippen molar-refractivity contribution in [2.24, 2.45) is 0 Å². The predicted octanol–water partition coefficient (Wildman–Crippen LogP) is 2.29. The van der Waals surface area contributed by atoms with E-state index in [4.69, 9.17) is 0 Å². The lowest BCUT2D eigenvalue weighted by Gasteiger charge is -2.15. The van der Waals surface area contributed by atoms with Crippen LogP contribution < -0.4 is 5.32 Å². The van der Waals surface area contributed by atoms with Crippen LogP contribution in [0.2, 0.25) is 0 Å². The van der Waals surface area contributed by atoms with E-state index in [1.807, 2.05) is 32.3 Å². The molecule has 0 aliphatic heterocycles. The van der Waals surface area contributed by atoms with E-state index in [2.05, 4.69) is 39.6 Å². The predicted molar refractivity (Wildman–Crippen MR) is 68.7 cm³/mol. The van der Waals surface area contributed by atoms with Gasteiger partial charge in [-0.15, -0.1) is 0 Å². The molecule has 2 aromatic rings. The molecule has 0 saturated carbocycles. The number of nitrogens with one attached hydrogen (secondary N) is 1. The Balaban J connectivity index is 2.16. The van der Waals surface area contributed by atoms with Crippen molar-refractivity contribution >= 4 is 0 Å². The van der Waals surface area contributed by atoms with Crippen molar-refractivity contribution in [2.45, 2.75) is 19.4 Å². The Morgan fingerprint density at radius 3 is 2.59 bits per heavy atom. The van der Waals surface area contributed by atoms with Crippen LogP contribution in [0.25, 0.3) is 0 Å². The first-order valence-electron chi connectivity index (χ1n) is 5.80. The maximum Gasteiger partial charge on any atom is 0.130 e. The highest BCUT2D eigenvalue weighted by atomic mass is 14.9. The number of aromatic nitrogens is 2. The average molecular weight is 227 g/mol. The lowest BCUT2D eigenvalue weighted by molar-refractivity contribution is 0.574. The molecule has 0 bridgehead atoms. The summed E-state index contributed by atoms with van der Waals surface area (Å²) in [5.41, 5.74) is 2.28. The lowest BCUT2D eigenvalue weighted by atomic mass is 10.0. The Kier molecular flexibility index (Phi) is 3.83. The molecule has 3 heteroatoms. The van der Waals surface area contributed by atoms with Crippen LogP contribution in [0.5, 0.6) is 0 Å². The number of hydrogen-bond donors (Lipinski definition) is 1. The maximum absolute atomic E-state index is 4.44. The summed E-state index contributed by atoms with van der Waals surface area (Å²) >= 11 is 0. The van der Waals surface area contributed by atoms with Gasteiger partial charge in [0.15, 0.2) is 0 Å². The van der Waals surface area contributed by atoms with Crippen molar-refractivity contribution < 1.29 is 0 Å². The molecule has 1 atom stereocenters. The second kappa shape index (κ2) is 5.55. The highest BCUT2D eigenvalue weighted by molar-refractivity contribution is 5.20. The van der Waals surface area contributed by atoms with Crippen molar-refractivity contribution in [3.8, 4) is 0 Å². The van der Waals surface area contributed by atoms with Gasteiger partial charge in [0, 0.05) is 24.4 Å². The standard InChI is InChI=1S/C14H17N3/c1-11-8-9-16-14(17-11)10-13(15-2)12-6-4-3-5-7-12/h3-9,13,15H,10H2,1-2H3. The SMILES string of the molecule is CNC(Cc1nccc(C)n1)c1ccccc1. The van der Waals surface area contributed by atoms with Crippen LogP contribution >= 0.6 is 0 Å². The fraction of sp³-hybridized carbons (Fsp3) is 0.286. The van der Waals surface area contributed by atoms with Gasteiger partial charge in [-0.05, 0) is 25.6 Å². The van der Waals surface area contributed by atoms with Gasteiger partial charge >= 0.3 is 0 Å². The van der Waals surface area contributed by atoms with Crippen LogP contribution in [0.15, 0.2) is 42.6 Å². The molecule has 2 rings (SSSR count). The monoisotopic (exact) mass is 227 g/mol. The van der Waals surface area contributed by atoms with Gasteiger partial charge in [0.1, 0.15) is 5.82 Å². The molecule has 0 fully saturated rings. The molecule has 0 amide bonds. The largest absolute Gasteiger partial charge is 0.313 e. The van der Waals surface area contributed by atoms with E-state index in [1.165, 1.54) is 5.56 Å². The number of hydrogen-bond acceptors (Lipinski definition) is 3. The molecule has 1 aromatic carbocycles. The number of rotatable bonds is 4. The van der Waals surface area contributed by atoms with Crippen LogP contribution in [0.3, 0.4) is 0 Å². The summed E-state index contributed by atoms with van der Waals surface area (Å²) in [6.45, 7) is 1.99. The Bertz CT molecular complexity index is 468. The molecule has 1 heterocycles. The average Bonchev–Trinajstić information content (AvgIpc) is 2.37. The Morgan fingerprint density at radius 2 is 1.94 bits per heavy atom. The molecule has 0 aliphatic carbocycles. The van der Waals surface area contributed by atoms with E-state index in [0.29, 0.717) is 0 Å². The third kappa shape index (κ3) is 3.11. The first-order chi connectivity index (χ1) is 8.29. The van der Waals surface area contributed by atoms with Crippen LogP contribution in [-0.2, 0) is 6.42 Å². The van der Waals surface area contributed by atoms with Crippen molar-refractivity contribution in [3.05, 3.63) is 59.7 Å². The normalized spacial score (nSPS) is 12.4. The zero-order chi connectivity index (χ0) is 12.1. The third-order valence-electron chi connectivity index (χ3n) is 2.78. The molecule has 88 valence electrons. The summed E-state index contributed by atoms with van der Waals surface area (Å²) in [6.07, 6.45) is 2.62. The van der Waals surface area contributed by atoms with Gasteiger partial charge < -0.3 is 5.32 Å². The number of nitrogens with zero attached hydrogens (tertiary/aromatic N) is 2. The first kappa shape index (κ1) is 11.7. The van der Waals surface area contributed by atoms with E-state index in [1.54, 1.807) is 0 Å².